The van der Waals surface area contributed by atoms with Crippen LogP contribution in [0, 0.1) is 6.92 Å². The minimum atomic E-state index is -0.994. The predicted octanol–water partition coefficient (Wildman–Crippen LogP) is 1.51. The summed E-state index contributed by atoms with van der Waals surface area (Å²) in [5, 5.41) is 21.8. The highest BCUT2D eigenvalue weighted by atomic mass is 35.5. The van der Waals surface area contributed by atoms with Crippen LogP contribution in [0.5, 0.6) is 0 Å². The minimum Gasteiger partial charge on any atom is -0.394 e. The lowest BCUT2D eigenvalue weighted by Crippen LogP contribution is -2.53. The van der Waals surface area contributed by atoms with E-state index >= 15 is 0 Å². The van der Waals surface area contributed by atoms with Crippen molar-refractivity contribution in [1.82, 2.24) is 5.32 Å². The van der Waals surface area contributed by atoms with E-state index in [4.69, 9.17) is 11.6 Å². The van der Waals surface area contributed by atoms with Crippen molar-refractivity contribution in [3.05, 3.63) is 34.3 Å². The molecular weight excluding hydrogens is 254 g/mol. The lowest BCUT2D eigenvalue weighted by atomic mass is 9.97. The molecule has 0 saturated heterocycles. The van der Waals surface area contributed by atoms with Crippen molar-refractivity contribution in [1.29, 1.82) is 0 Å². The molecule has 0 fully saturated rings. The topological polar surface area (TPSA) is 69.6 Å². The molecule has 0 atom stereocenters. The first-order chi connectivity index (χ1) is 8.49. The van der Waals surface area contributed by atoms with E-state index in [0.29, 0.717) is 22.6 Å². The summed E-state index contributed by atoms with van der Waals surface area (Å²) in [6, 6.07) is 5.06. The number of carbonyl (C=O) groups excluding carboxylic acids is 1. The fourth-order valence-electron chi connectivity index (χ4n) is 1.60. The number of aliphatic hydroxyl groups excluding tert-OH is 2. The van der Waals surface area contributed by atoms with E-state index in [1.165, 1.54) is 0 Å². The molecule has 0 aliphatic rings. The standard InChI is InChI=1S/C13H18ClNO3/c1-3-13(7-16,8-17)15-12(18)10-5-4-6-11(14)9(10)2/h4-6,16-17H,3,7-8H2,1-2H3,(H,15,18). The van der Waals surface area contributed by atoms with Gasteiger partial charge in [-0.2, -0.15) is 0 Å². The molecule has 0 heterocycles. The van der Waals surface area contributed by atoms with E-state index in [9.17, 15) is 15.0 Å². The fraction of sp³-hybridized carbons (Fsp3) is 0.462. The van der Waals surface area contributed by atoms with E-state index in [1.54, 1.807) is 32.0 Å². The average molecular weight is 272 g/mol. The van der Waals surface area contributed by atoms with Crippen molar-refractivity contribution in [3.63, 3.8) is 0 Å². The van der Waals surface area contributed by atoms with Crippen LogP contribution in [-0.2, 0) is 0 Å². The summed E-state index contributed by atoms with van der Waals surface area (Å²) in [6.45, 7) is 2.91. The molecule has 3 N–H and O–H groups in total. The largest absolute Gasteiger partial charge is 0.394 e. The Morgan fingerprint density at radius 3 is 2.50 bits per heavy atom. The monoisotopic (exact) mass is 271 g/mol. The highest BCUT2D eigenvalue weighted by Gasteiger charge is 2.29. The maximum absolute atomic E-state index is 12.1. The SMILES string of the molecule is CCC(CO)(CO)NC(=O)c1cccc(Cl)c1C. The van der Waals surface area contributed by atoms with Crippen LogP contribution in [0.15, 0.2) is 18.2 Å². The summed E-state index contributed by atoms with van der Waals surface area (Å²) < 4.78 is 0. The molecule has 4 nitrogen and oxygen atoms in total. The van der Waals surface area contributed by atoms with Crippen LogP contribution in [0.3, 0.4) is 0 Å². The molecule has 0 bridgehead atoms. The third-order valence-electron chi connectivity index (χ3n) is 3.17. The summed E-state index contributed by atoms with van der Waals surface area (Å²) in [5.41, 5.74) is 0.131. The van der Waals surface area contributed by atoms with Crippen LogP contribution in [0.1, 0.15) is 29.3 Å². The number of rotatable bonds is 5. The van der Waals surface area contributed by atoms with Crippen LogP contribution in [0.25, 0.3) is 0 Å². The van der Waals surface area contributed by atoms with Crippen LogP contribution in [0.4, 0.5) is 0 Å². The summed E-state index contributed by atoms with van der Waals surface area (Å²) in [5.74, 6) is -0.347. The van der Waals surface area contributed by atoms with Gasteiger partial charge >= 0.3 is 0 Å². The predicted molar refractivity (Wildman–Crippen MR) is 70.8 cm³/mol. The Labute approximate surface area is 112 Å². The Bertz CT molecular complexity index is 422. The fourth-order valence-corrected chi connectivity index (χ4v) is 1.78. The van der Waals surface area contributed by atoms with Gasteiger partial charge in [0.05, 0.1) is 18.8 Å². The smallest absolute Gasteiger partial charge is 0.252 e. The van der Waals surface area contributed by atoms with E-state index in [-0.39, 0.29) is 19.1 Å². The molecule has 0 saturated carbocycles. The van der Waals surface area contributed by atoms with Gasteiger partial charge in [-0.15, -0.1) is 0 Å². The maximum atomic E-state index is 12.1. The van der Waals surface area contributed by atoms with Crippen molar-refractivity contribution in [3.8, 4) is 0 Å². The third-order valence-corrected chi connectivity index (χ3v) is 3.58. The molecule has 0 aliphatic carbocycles. The Kier molecular flexibility index (Phi) is 5.14. The van der Waals surface area contributed by atoms with Gasteiger partial charge in [0.1, 0.15) is 0 Å². The quantitative estimate of drug-likeness (QED) is 0.760. The first-order valence-corrected chi connectivity index (χ1v) is 6.17. The van der Waals surface area contributed by atoms with Crippen molar-refractivity contribution in [2.75, 3.05) is 13.2 Å². The number of nitrogens with one attached hydrogen (secondary N) is 1. The molecule has 0 radical (unpaired) electrons. The van der Waals surface area contributed by atoms with Gasteiger partial charge in [0.15, 0.2) is 0 Å². The molecule has 100 valence electrons. The molecular formula is C13H18ClNO3. The van der Waals surface area contributed by atoms with Crippen molar-refractivity contribution in [2.45, 2.75) is 25.8 Å². The number of hydrogen-bond donors (Lipinski definition) is 3. The van der Waals surface area contributed by atoms with Gasteiger partial charge in [0.2, 0.25) is 0 Å². The zero-order valence-corrected chi connectivity index (χ0v) is 11.3. The summed E-state index contributed by atoms with van der Waals surface area (Å²) in [7, 11) is 0. The second kappa shape index (κ2) is 6.18. The van der Waals surface area contributed by atoms with Crippen LogP contribution in [-0.4, -0.2) is 34.9 Å². The van der Waals surface area contributed by atoms with E-state index in [0.717, 1.165) is 0 Å². The Morgan fingerprint density at radius 2 is 2.00 bits per heavy atom. The Morgan fingerprint density at radius 1 is 1.39 bits per heavy atom. The van der Waals surface area contributed by atoms with Crippen LogP contribution < -0.4 is 5.32 Å². The number of amides is 1. The van der Waals surface area contributed by atoms with Gasteiger partial charge in [0, 0.05) is 10.6 Å². The first-order valence-electron chi connectivity index (χ1n) is 5.79. The van der Waals surface area contributed by atoms with Gasteiger partial charge in [-0.25, -0.2) is 0 Å². The Balaban J connectivity index is 2.98. The number of halogens is 1. The van der Waals surface area contributed by atoms with Crippen LogP contribution in [0.2, 0.25) is 5.02 Å². The number of aliphatic hydroxyl groups is 2. The normalized spacial score (nSPS) is 11.4. The number of carbonyl (C=O) groups is 1. The van der Waals surface area contributed by atoms with E-state index < -0.39 is 5.54 Å². The molecule has 0 aromatic heterocycles. The molecule has 1 aromatic carbocycles. The van der Waals surface area contributed by atoms with Crippen LogP contribution >= 0.6 is 11.6 Å². The zero-order valence-electron chi connectivity index (χ0n) is 10.5. The molecule has 0 spiro atoms. The van der Waals surface area contributed by atoms with Gasteiger partial charge in [-0.3, -0.25) is 4.79 Å². The van der Waals surface area contributed by atoms with Crippen molar-refractivity contribution >= 4 is 17.5 Å². The molecule has 1 rings (SSSR count). The summed E-state index contributed by atoms with van der Waals surface area (Å²) in [4.78, 5) is 12.1. The second-order valence-corrected chi connectivity index (χ2v) is 4.72. The first kappa shape index (κ1) is 15.0. The molecule has 5 heteroatoms. The van der Waals surface area contributed by atoms with Crippen molar-refractivity contribution in [2.24, 2.45) is 0 Å². The molecule has 1 aromatic rings. The Hall–Kier alpha value is -1.10. The highest BCUT2D eigenvalue weighted by Crippen LogP contribution is 2.19. The van der Waals surface area contributed by atoms with Gasteiger partial charge in [0.25, 0.3) is 5.91 Å². The minimum absolute atomic E-state index is 0.314. The maximum Gasteiger partial charge on any atom is 0.252 e. The third kappa shape index (κ3) is 3.02. The van der Waals surface area contributed by atoms with Gasteiger partial charge in [-0.1, -0.05) is 24.6 Å². The highest BCUT2D eigenvalue weighted by molar-refractivity contribution is 6.31. The lowest BCUT2D eigenvalue weighted by Gasteiger charge is -2.30. The van der Waals surface area contributed by atoms with E-state index in [2.05, 4.69) is 5.32 Å². The number of benzene rings is 1. The average Bonchev–Trinajstić information content (AvgIpc) is 2.39. The lowest BCUT2D eigenvalue weighted by molar-refractivity contribution is 0.0652. The van der Waals surface area contributed by atoms with Crippen molar-refractivity contribution < 1.29 is 15.0 Å². The van der Waals surface area contributed by atoms with Gasteiger partial charge in [-0.05, 0) is 31.0 Å². The summed E-state index contributed by atoms with van der Waals surface area (Å²) in [6.07, 6.45) is 0.436. The molecule has 0 aliphatic heterocycles. The second-order valence-electron chi connectivity index (χ2n) is 4.32. The van der Waals surface area contributed by atoms with Gasteiger partial charge < -0.3 is 15.5 Å². The molecule has 18 heavy (non-hydrogen) atoms. The number of hydrogen-bond acceptors (Lipinski definition) is 3. The molecule has 1 amide bonds. The molecule has 0 unspecified atom stereocenters. The zero-order chi connectivity index (χ0) is 13.8. The summed E-state index contributed by atoms with van der Waals surface area (Å²) >= 11 is 5.95. The van der Waals surface area contributed by atoms with E-state index in [1.807, 2.05) is 0 Å².